The van der Waals surface area contributed by atoms with E-state index in [9.17, 15) is 0 Å². The summed E-state index contributed by atoms with van der Waals surface area (Å²) in [5.74, 6) is 0. The molecule has 0 saturated heterocycles. The average Bonchev–Trinajstić information content (AvgIpc) is 2.28. The molecule has 1 aromatic rings. The first-order valence-corrected chi connectivity index (χ1v) is 3.79. The molecule has 1 aliphatic rings. The third kappa shape index (κ3) is 1.33. The minimum atomic E-state index is 0.731. The molecule has 0 bridgehead atoms. The summed E-state index contributed by atoms with van der Waals surface area (Å²) < 4.78 is 5.33. The van der Waals surface area contributed by atoms with Crippen molar-refractivity contribution < 1.29 is 4.74 Å². The second-order valence-corrected chi connectivity index (χ2v) is 2.62. The summed E-state index contributed by atoms with van der Waals surface area (Å²) in [5.41, 5.74) is 2.56. The van der Waals surface area contributed by atoms with Crippen LogP contribution in [0.25, 0.3) is 6.08 Å². The smallest absolute Gasteiger partial charge is 0.0726 e. The molecule has 0 spiro atoms. The molecule has 0 N–H and O–H groups in total. The predicted molar refractivity (Wildman–Crippen MR) is 45.1 cm³/mol. The largest absolute Gasteiger partial charge is 0.373 e. The Morgan fingerprint density at radius 3 is 3.09 bits per heavy atom. The monoisotopic (exact) mass is 146 g/mol. The Balaban J connectivity index is 2.45. The fraction of sp³-hybridized carbons (Fsp3) is 0.200. The Hall–Kier alpha value is -1.08. The maximum absolute atomic E-state index is 5.33. The minimum Gasteiger partial charge on any atom is -0.373 e. The molecule has 11 heavy (non-hydrogen) atoms. The van der Waals surface area contributed by atoms with Crippen molar-refractivity contribution in [1.82, 2.24) is 0 Å². The van der Waals surface area contributed by atoms with Gasteiger partial charge in [-0.15, -0.1) is 0 Å². The molecule has 0 saturated carbocycles. The van der Waals surface area contributed by atoms with E-state index >= 15 is 0 Å². The molecule has 0 aromatic heterocycles. The first kappa shape index (κ1) is 6.62. The number of fused-ring (bicyclic) bond motifs is 1. The average molecular weight is 146 g/mol. The molecular formula is C10H10O. The van der Waals surface area contributed by atoms with Gasteiger partial charge < -0.3 is 4.74 Å². The van der Waals surface area contributed by atoms with Crippen LogP contribution < -0.4 is 0 Å². The Kier molecular flexibility index (Phi) is 1.74. The van der Waals surface area contributed by atoms with Gasteiger partial charge in [-0.1, -0.05) is 36.4 Å². The van der Waals surface area contributed by atoms with Gasteiger partial charge in [0.25, 0.3) is 0 Å². The number of hydrogen-bond donors (Lipinski definition) is 0. The maximum atomic E-state index is 5.33. The van der Waals surface area contributed by atoms with Crippen LogP contribution >= 0.6 is 0 Å². The molecule has 1 heterocycles. The van der Waals surface area contributed by atoms with Crippen molar-refractivity contribution in [2.45, 2.75) is 6.61 Å². The Bertz CT molecular complexity index is 276. The Morgan fingerprint density at radius 1 is 1.18 bits per heavy atom. The standard InChI is InChI=1S/C10H10O/c1-2-5-10-8-11-7-3-6-9(10)4-1/h1-6H,7-8H2. The van der Waals surface area contributed by atoms with Crippen LogP contribution in [0.3, 0.4) is 0 Å². The van der Waals surface area contributed by atoms with Crippen molar-refractivity contribution in [1.29, 1.82) is 0 Å². The normalized spacial score (nSPS) is 15.6. The van der Waals surface area contributed by atoms with Gasteiger partial charge >= 0.3 is 0 Å². The zero-order valence-corrected chi connectivity index (χ0v) is 6.29. The minimum absolute atomic E-state index is 0.731. The summed E-state index contributed by atoms with van der Waals surface area (Å²) in [6, 6.07) is 8.31. The lowest BCUT2D eigenvalue weighted by Gasteiger charge is -2.01. The summed E-state index contributed by atoms with van der Waals surface area (Å²) in [7, 11) is 0. The molecule has 56 valence electrons. The second kappa shape index (κ2) is 2.89. The summed E-state index contributed by atoms with van der Waals surface area (Å²) >= 11 is 0. The van der Waals surface area contributed by atoms with Gasteiger partial charge in [0.05, 0.1) is 13.2 Å². The van der Waals surface area contributed by atoms with Gasteiger partial charge in [0.2, 0.25) is 0 Å². The fourth-order valence-electron chi connectivity index (χ4n) is 1.24. The van der Waals surface area contributed by atoms with Crippen LogP contribution in [-0.4, -0.2) is 6.61 Å². The number of rotatable bonds is 0. The van der Waals surface area contributed by atoms with Gasteiger partial charge in [0, 0.05) is 0 Å². The molecule has 0 aliphatic carbocycles. The zero-order chi connectivity index (χ0) is 7.52. The van der Waals surface area contributed by atoms with Crippen LogP contribution in [0.1, 0.15) is 11.1 Å². The van der Waals surface area contributed by atoms with E-state index in [-0.39, 0.29) is 0 Å². The zero-order valence-electron chi connectivity index (χ0n) is 6.29. The third-order valence-electron chi connectivity index (χ3n) is 1.82. The van der Waals surface area contributed by atoms with Gasteiger partial charge in [-0.2, -0.15) is 0 Å². The van der Waals surface area contributed by atoms with Crippen molar-refractivity contribution in [3.8, 4) is 0 Å². The lowest BCUT2D eigenvalue weighted by molar-refractivity contribution is 0.150. The van der Waals surface area contributed by atoms with E-state index in [0.29, 0.717) is 0 Å². The molecule has 0 unspecified atom stereocenters. The van der Waals surface area contributed by atoms with Crippen molar-refractivity contribution >= 4 is 6.08 Å². The van der Waals surface area contributed by atoms with Gasteiger partial charge in [0.15, 0.2) is 0 Å². The van der Waals surface area contributed by atoms with E-state index in [0.717, 1.165) is 13.2 Å². The topological polar surface area (TPSA) is 9.23 Å². The van der Waals surface area contributed by atoms with Gasteiger partial charge in [-0.25, -0.2) is 0 Å². The van der Waals surface area contributed by atoms with Crippen LogP contribution in [0.2, 0.25) is 0 Å². The van der Waals surface area contributed by atoms with Crippen LogP contribution in [0.4, 0.5) is 0 Å². The first-order valence-electron chi connectivity index (χ1n) is 3.79. The van der Waals surface area contributed by atoms with Crippen LogP contribution in [-0.2, 0) is 11.3 Å². The third-order valence-corrected chi connectivity index (χ3v) is 1.82. The molecule has 0 atom stereocenters. The molecule has 0 amide bonds. The van der Waals surface area contributed by atoms with Crippen molar-refractivity contribution in [2.24, 2.45) is 0 Å². The van der Waals surface area contributed by atoms with Gasteiger partial charge in [0.1, 0.15) is 0 Å². The van der Waals surface area contributed by atoms with E-state index in [1.54, 1.807) is 0 Å². The highest BCUT2D eigenvalue weighted by molar-refractivity contribution is 5.54. The van der Waals surface area contributed by atoms with Crippen molar-refractivity contribution in [2.75, 3.05) is 6.61 Å². The molecule has 0 fully saturated rings. The Labute approximate surface area is 66.3 Å². The van der Waals surface area contributed by atoms with Crippen LogP contribution in [0, 0.1) is 0 Å². The molecular weight excluding hydrogens is 136 g/mol. The fourth-order valence-corrected chi connectivity index (χ4v) is 1.24. The number of ether oxygens (including phenoxy) is 1. The highest BCUT2D eigenvalue weighted by Gasteiger charge is 2.00. The predicted octanol–water partition coefficient (Wildman–Crippen LogP) is 2.23. The van der Waals surface area contributed by atoms with Crippen molar-refractivity contribution in [3.63, 3.8) is 0 Å². The molecule has 0 radical (unpaired) electrons. The van der Waals surface area contributed by atoms with Gasteiger partial charge in [-0.05, 0) is 11.1 Å². The highest BCUT2D eigenvalue weighted by Crippen LogP contribution is 2.14. The summed E-state index contributed by atoms with van der Waals surface area (Å²) in [6.45, 7) is 1.47. The van der Waals surface area contributed by atoms with Crippen molar-refractivity contribution in [3.05, 3.63) is 41.5 Å². The van der Waals surface area contributed by atoms with E-state index in [4.69, 9.17) is 4.74 Å². The van der Waals surface area contributed by atoms with Gasteiger partial charge in [-0.3, -0.25) is 0 Å². The van der Waals surface area contributed by atoms with Crippen LogP contribution in [0.15, 0.2) is 30.3 Å². The van der Waals surface area contributed by atoms with E-state index in [1.807, 2.05) is 12.1 Å². The Morgan fingerprint density at radius 2 is 2.09 bits per heavy atom. The summed E-state index contributed by atoms with van der Waals surface area (Å²) in [5, 5.41) is 0. The van der Waals surface area contributed by atoms with Crippen LogP contribution in [0.5, 0.6) is 0 Å². The first-order chi connectivity index (χ1) is 5.47. The van der Waals surface area contributed by atoms with E-state index in [1.165, 1.54) is 11.1 Å². The molecule has 2 rings (SSSR count). The number of benzene rings is 1. The molecule has 1 aromatic carbocycles. The molecule has 1 nitrogen and oxygen atoms in total. The highest BCUT2D eigenvalue weighted by atomic mass is 16.5. The lowest BCUT2D eigenvalue weighted by atomic mass is 10.1. The summed E-state index contributed by atoms with van der Waals surface area (Å²) in [6.07, 6.45) is 4.16. The molecule has 1 heteroatoms. The van der Waals surface area contributed by atoms with E-state index < -0.39 is 0 Å². The lowest BCUT2D eigenvalue weighted by Crippen LogP contribution is -1.90. The quantitative estimate of drug-likeness (QED) is 0.545. The maximum Gasteiger partial charge on any atom is 0.0726 e. The summed E-state index contributed by atoms with van der Waals surface area (Å²) in [4.78, 5) is 0. The number of hydrogen-bond acceptors (Lipinski definition) is 1. The SMILES string of the molecule is C1=Cc2ccccc2COC1. The molecule has 1 aliphatic heterocycles. The van der Waals surface area contributed by atoms with E-state index in [2.05, 4.69) is 24.3 Å². The second-order valence-electron chi connectivity index (χ2n) is 2.62.